The topological polar surface area (TPSA) is 127 Å². The molecule has 0 aliphatic carbocycles. The summed E-state index contributed by atoms with van der Waals surface area (Å²) in [5.41, 5.74) is -1.87. The predicted molar refractivity (Wildman–Crippen MR) is 105 cm³/mol. The number of rotatable bonds is 6. The van der Waals surface area contributed by atoms with Crippen molar-refractivity contribution in [3.63, 3.8) is 0 Å². The Morgan fingerprint density at radius 1 is 1.00 bits per heavy atom. The number of nitrogens with one attached hydrogen (secondary N) is 2. The number of anilines is 4. The maximum absolute atomic E-state index is 13.2. The van der Waals surface area contributed by atoms with Crippen LogP contribution in [0.2, 0.25) is 0 Å². The van der Waals surface area contributed by atoms with Crippen molar-refractivity contribution in [1.29, 1.82) is 0 Å². The number of alkyl halides is 3. The van der Waals surface area contributed by atoms with Crippen molar-refractivity contribution in [3.05, 3.63) is 54.1 Å². The Morgan fingerprint density at radius 3 is 2.29 bits per heavy atom. The van der Waals surface area contributed by atoms with Gasteiger partial charge in [0.05, 0.1) is 0 Å². The minimum atomic E-state index is -4.82. The zero-order chi connectivity index (χ0) is 22.8. The van der Waals surface area contributed by atoms with Crippen LogP contribution in [0.1, 0.15) is 23.0 Å². The van der Waals surface area contributed by atoms with Gasteiger partial charge >= 0.3 is 6.18 Å². The number of carbonyl (C=O) groups is 1. The molecule has 31 heavy (non-hydrogen) atoms. The van der Waals surface area contributed by atoms with Crippen molar-refractivity contribution in [2.24, 2.45) is 0 Å². The highest BCUT2D eigenvalue weighted by atomic mass is 32.2. The van der Waals surface area contributed by atoms with E-state index in [1.807, 2.05) is 0 Å². The van der Waals surface area contributed by atoms with Crippen LogP contribution in [-0.4, -0.2) is 40.4 Å². The van der Waals surface area contributed by atoms with Crippen LogP contribution in [0.5, 0.6) is 0 Å². The molecule has 9 nitrogen and oxygen atoms in total. The van der Waals surface area contributed by atoms with Crippen LogP contribution < -0.4 is 10.6 Å². The molecule has 0 aromatic carbocycles. The Bertz CT molecular complexity index is 1250. The third-order valence-electron chi connectivity index (χ3n) is 3.88. The van der Waals surface area contributed by atoms with E-state index < -0.39 is 33.1 Å². The Balaban J connectivity index is 1.90. The van der Waals surface area contributed by atoms with Crippen LogP contribution in [0, 0.1) is 0 Å². The van der Waals surface area contributed by atoms with Gasteiger partial charge in [0.25, 0.3) is 0 Å². The lowest BCUT2D eigenvalue weighted by Crippen LogP contribution is -2.15. The van der Waals surface area contributed by atoms with E-state index in [1.54, 1.807) is 0 Å². The Morgan fingerprint density at radius 2 is 1.68 bits per heavy atom. The number of carbonyl (C=O) groups excluding carboxylic acids is 1. The van der Waals surface area contributed by atoms with Gasteiger partial charge in [-0.3, -0.25) is 4.79 Å². The van der Waals surface area contributed by atoms with Crippen molar-refractivity contribution in [2.45, 2.75) is 18.0 Å². The number of sulfone groups is 1. The van der Waals surface area contributed by atoms with Crippen molar-refractivity contribution in [3.8, 4) is 0 Å². The summed E-state index contributed by atoms with van der Waals surface area (Å²) >= 11 is 0. The molecule has 0 saturated carbocycles. The van der Waals surface area contributed by atoms with Crippen LogP contribution in [0.4, 0.5) is 36.4 Å². The molecule has 0 aliphatic rings. The summed E-state index contributed by atoms with van der Waals surface area (Å²) in [7, 11) is -3.57. The van der Waals surface area contributed by atoms with Gasteiger partial charge in [-0.05, 0) is 31.2 Å². The molecule has 0 unspecified atom stereocenters. The number of ketones is 1. The predicted octanol–water partition coefficient (Wildman–Crippen LogP) is 3.38. The average molecular weight is 452 g/mol. The smallest absolute Gasteiger partial charge is 0.325 e. The van der Waals surface area contributed by atoms with Crippen molar-refractivity contribution >= 4 is 38.9 Å². The molecule has 0 radical (unpaired) electrons. The standard InChI is InChI=1S/C18H15F3N6O3S/c1-10(28)11-5-6-13(26-16(11)18(19,20)21)25-14-8-15(24-9-23-14)27-17-12(31(2,29)30)4-3-7-22-17/h3-9H,1-2H3,(H2,22,23,24,25,26,27). The molecule has 162 valence electrons. The molecule has 0 aliphatic heterocycles. The van der Waals surface area contributed by atoms with Crippen LogP contribution in [0.25, 0.3) is 0 Å². The molecular weight excluding hydrogens is 437 g/mol. The number of halogens is 3. The summed E-state index contributed by atoms with van der Waals surface area (Å²) in [5.74, 6) is -0.727. The lowest BCUT2D eigenvalue weighted by atomic mass is 10.1. The molecular formula is C18H15F3N6O3S. The highest BCUT2D eigenvalue weighted by Gasteiger charge is 2.36. The van der Waals surface area contributed by atoms with E-state index in [0.29, 0.717) is 0 Å². The normalized spacial score (nSPS) is 11.8. The summed E-state index contributed by atoms with van der Waals surface area (Å²) in [6.45, 7) is 1.02. The van der Waals surface area contributed by atoms with Gasteiger partial charge in [-0.1, -0.05) is 0 Å². The maximum atomic E-state index is 13.2. The first-order valence-corrected chi connectivity index (χ1v) is 10.4. The Kier molecular flexibility index (Phi) is 5.88. The van der Waals surface area contributed by atoms with Gasteiger partial charge in [-0.25, -0.2) is 28.4 Å². The third-order valence-corrected chi connectivity index (χ3v) is 5.01. The van der Waals surface area contributed by atoms with Crippen molar-refractivity contribution < 1.29 is 26.4 Å². The van der Waals surface area contributed by atoms with Gasteiger partial charge in [0.2, 0.25) is 0 Å². The van der Waals surface area contributed by atoms with E-state index in [9.17, 15) is 26.4 Å². The van der Waals surface area contributed by atoms with Gasteiger partial charge in [0, 0.05) is 24.1 Å². The van der Waals surface area contributed by atoms with Gasteiger partial charge in [0.1, 0.15) is 34.5 Å². The molecule has 3 rings (SSSR count). The number of nitrogens with zero attached hydrogens (tertiary/aromatic N) is 4. The molecule has 3 aromatic rings. The summed E-state index contributed by atoms with van der Waals surface area (Å²) in [4.78, 5) is 26.7. The van der Waals surface area contributed by atoms with E-state index in [4.69, 9.17) is 0 Å². The van der Waals surface area contributed by atoms with Crippen LogP contribution in [-0.2, 0) is 16.0 Å². The minimum Gasteiger partial charge on any atom is -0.325 e. The van der Waals surface area contributed by atoms with Crippen molar-refractivity contribution in [1.82, 2.24) is 19.9 Å². The summed E-state index contributed by atoms with van der Waals surface area (Å²) in [6, 6.07) is 6.39. The summed E-state index contributed by atoms with van der Waals surface area (Å²) < 4.78 is 63.5. The fraction of sp³-hybridized carbons (Fsp3) is 0.167. The number of hydrogen-bond acceptors (Lipinski definition) is 9. The van der Waals surface area contributed by atoms with Gasteiger partial charge in [-0.2, -0.15) is 13.2 Å². The van der Waals surface area contributed by atoms with E-state index in [-0.39, 0.29) is 28.2 Å². The Labute approximate surface area is 174 Å². The van der Waals surface area contributed by atoms with Gasteiger partial charge < -0.3 is 10.6 Å². The maximum Gasteiger partial charge on any atom is 0.434 e. The van der Waals surface area contributed by atoms with Crippen molar-refractivity contribution in [2.75, 3.05) is 16.9 Å². The zero-order valence-corrected chi connectivity index (χ0v) is 16.9. The average Bonchev–Trinajstić information content (AvgIpc) is 2.67. The van der Waals surface area contributed by atoms with Crippen LogP contribution in [0.15, 0.2) is 47.8 Å². The van der Waals surface area contributed by atoms with Crippen LogP contribution in [0.3, 0.4) is 0 Å². The Hall–Kier alpha value is -3.61. The number of Topliss-reactive ketones (excluding diaryl/α,β-unsaturated/α-hetero) is 1. The second kappa shape index (κ2) is 8.26. The first-order valence-electron chi connectivity index (χ1n) is 8.55. The highest BCUT2D eigenvalue weighted by molar-refractivity contribution is 7.90. The molecule has 0 fully saturated rings. The summed E-state index contributed by atoms with van der Waals surface area (Å²) in [5, 5.41) is 5.34. The largest absolute Gasteiger partial charge is 0.434 e. The fourth-order valence-electron chi connectivity index (χ4n) is 2.56. The SMILES string of the molecule is CC(=O)c1ccc(Nc2cc(Nc3ncccc3S(C)(=O)=O)ncn2)nc1C(F)(F)F. The first-order chi connectivity index (χ1) is 14.4. The third kappa shape index (κ3) is 5.31. The van der Waals surface area contributed by atoms with Gasteiger partial charge in [0.15, 0.2) is 21.3 Å². The molecule has 0 bridgehead atoms. The molecule has 13 heteroatoms. The molecule has 0 atom stereocenters. The van der Waals surface area contributed by atoms with Crippen LogP contribution >= 0.6 is 0 Å². The molecule has 3 heterocycles. The minimum absolute atomic E-state index is 0.0259. The number of aromatic nitrogens is 4. The number of hydrogen-bond donors (Lipinski definition) is 2. The van der Waals surface area contributed by atoms with E-state index >= 15 is 0 Å². The fourth-order valence-corrected chi connectivity index (χ4v) is 3.34. The second-order valence-electron chi connectivity index (χ2n) is 6.31. The van der Waals surface area contributed by atoms with E-state index in [1.165, 1.54) is 30.5 Å². The number of pyridine rings is 2. The quantitative estimate of drug-likeness (QED) is 0.541. The van der Waals surface area contributed by atoms with Gasteiger partial charge in [-0.15, -0.1) is 0 Å². The lowest BCUT2D eigenvalue weighted by molar-refractivity contribution is -0.141. The molecule has 0 amide bonds. The lowest BCUT2D eigenvalue weighted by Gasteiger charge is -2.13. The van der Waals surface area contributed by atoms with E-state index in [0.717, 1.165) is 25.6 Å². The molecule has 2 N–H and O–H groups in total. The summed E-state index contributed by atoms with van der Waals surface area (Å²) in [6.07, 6.45) is -1.30. The highest BCUT2D eigenvalue weighted by Crippen LogP contribution is 2.32. The molecule has 0 saturated heterocycles. The van der Waals surface area contributed by atoms with E-state index in [2.05, 4.69) is 30.6 Å². The molecule has 3 aromatic heterocycles. The monoisotopic (exact) mass is 452 g/mol. The molecule has 0 spiro atoms. The zero-order valence-electron chi connectivity index (χ0n) is 16.1. The second-order valence-corrected chi connectivity index (χ2v) is 8.29. The first kappa shape index (κ1) is 22.1.